The van der Waals surface area contributed by atoms with E-state index >= 15 is 0 Å². The fraction of sp³-hybridized carbons (Fsp3) is 0.600. The van der Waals surface area contributed by atoms with E-state index in [1.807, 2.05) is 0 Å². The summed E-state index contributed by atoms with van der Waals surface area (Å²) >= 11 is 0. The molecule has 0 aromatic carbocycles. The third-order valence-electron chi connectivity index (χ3n) is 4.05. The van der Waals surface area contributed by atoms with Gasteiger partial charge in [-0.3, -0.25) is 4.79 Å². The molecule has 0 spiro atoms. The van der Waals surface area contributed by atoms with E-state index in [-0.39, 0.29) is 0 Å². The quantitative estimate of drug-likeness (QED) is 0.856. The van der Waals surface area contributed by atoms with Gasteiger partial charge in [0.2, 0.25) is 0 Å². The molecule has 0 saturated heterocycles. The predicted molar refractivity (Wildman–Crippen MR) is 77.0 cm³/mol. The number of nitrogens with two attached hydrogens (primary N) is 1. The Morgan fingerprint density at radius 3 is 2.84 bits per heavy atom. The van der Waals surface area contributed by atoms with E-state index in [1.54, 1.807) is 18.3 Å². The van der Waals surface area contributed by atoms with Crippen molar-refractivity contribution < 1.29 is 4.79 Å². The van der Waals surface area contributed by atoms with Gasteiger partial charge in [0.1, 0.15) is 5.82 Å². The molecule has 0 radical (unpaired) electrons. The van der Waals surface area contributed by atoms with Crippen LogP contribution in [-0.4, -0.2) is 16.9 Å². The van der Waals surface area contributed by atoms with Gasteiger partial charge in [0.25, 0.3) is 5.91 Å². The van der Waals surface area contributed by atoms with E-state index in [1.165, 1.54) is 32.1 Å². The van der Waals surface area contributed by atoms with Gasteiger partial charge in [0, 0.05) is 12.2 Å². The molecule has 1 aromatic heterocycles. The van der Waals surface area contributed by atoms with Crippen LogP contribution in [0.3, 0.4) is 0 Å². The largest absolute Gasteiger partial charge is 0.366 e. The van der Waals surface area contributed by atoms with Crippen molar-refractivity contribution in [2.24, 2.45) is 11.7 Å². The van der Waals surface area contributed by atoms with Gasteiger partial charge >= 0.3 is 0 Å². The first kappa shape index (κ1) is 13.8. The van der Waals surface area contributed by atoms with Gasteiger partial charge < -0.3 is 11.1 Å². The van der Waals surface area contributed by atoms with Gasteiger partial charge in [-0.2, -0.15) is 0 Å². The van der Waals surface area contributed by atoms with Crippen molar-refractivity contribution in [1.82, 2.24) is 4.98 Å². The average Bonchev–Trinajstić information content (AvgIpc) is 2.46. The number of anilines is 1. The number of nitrogens with zero attached hydrogens (tertiary/aromatic N) is 1. The highest BCUT2D eigenvalue weighted by atomic mass is 16.1. The molecular formula is C15H23N3O. The molecule has 3 N–H and O–H groups in total. The van der Waals surface area contributed by atoms with E-state index in [0.29, 0.717) is 23.3 Å². The number of amides is 1. The number of rotatable bonds is 5. The van der Waals surface area contributed by atoms with Crippen molar-refractivity contribution in [1.29, 1.82) is 0 Å². The molecule has 1 atom stereocenters. The number of primary amides is 1. The molecule has 1 aliphatic rings. The number of pyridine rings is 1. The van der Waals surface area contributed by atoms with Gasteiger partial charge in [0.15, 0.2) is 0 Å². The number of carbonyl (C=O) groups is 1. The molecule has 1 saturated carbocycles. The van der Waals surface area contributed by atoms with Crippen molar-refractivity contribution in [3.8, 4) is 0 Å². The molecule has 1 amide bonds. The molecule has 1 aromatic rings. The Labute approximate surface area is 114 Å². The molecule has 4 heteroatoms. The van der Waals surface area contributed by atoms with Crippen molar-refractivity contribution in [3.05, 3.63) is 23.9 Å². The Balaban J connectivity index is 2.11. The van der Waals surface area contributed by atoms with Crippen molar-refractivity contribution >= 4 is 11.7 Å². The summed E-state index contributed by atoms with van der Waals surface area (Å²) in [7, 11) is 0. The molecule has 0 bridgehead atoms. The van der Waals surface area contributed by atoms with Crippen LogP contribution < -0.4 is 11.1 Å². The minimum absolute atomic E-state index is 0.383. The van der Waals surface area contributed by atoms with Crippen LogP contribution in [0.2, 0.25) is 0 Å². The standard InChI is InChI=1S/C15H23N3O/c1-2-13(11-7-4-3-5-8-11)18-15-12(14(16)19)9-6-10-17-15/h6,9-11,13H,2-5,7-8H2,1H3,(H2,16,19)(H,17,18). The van der Waals surface area contributed by atoms with E-state index in [4.69, 9.17) is 5.73 Å². The monoisotopic (exact) mass is 261 g/mol. The molecule has 4 nitrogen and oxygen atoms in total. The van der Waals surface area contributed by atoms with Crippen molar-refractivity contribution in [3.63, 3.8) is 0 Å². The normalized spacial score (nSPS) is 17.9. The summed E-state index contributed by atoms with van der Waals surface area (Å²) in [5.74, 6) is 0.892. The first-order chi connectivity index (χ1) is 9.22. The van der Waals surface area contributed by atoms with Gasteiger partial charge in [0.05, 0.1) is 5.56 Å². The summed E-state index contributed by atoms with van der Waals surface area (Å²) in [5, 5.41) is 3.44. The molecule has 1 unspecified atom stereocenters. The molecule has 2 rings (SSSR count). The fourth-order valence-electron chi connectivity index (χ4n) is 2.98. The van der Waals surface area contributed by atoms with Crippen LogP contribution in [0.5, 0.6) is 0 Å². The van der Waals surface area contributed by atoms with Crippen LogP contribution in [-0.2, 0) is 0 Å². The zero-order chi connectivity index (χ0) is 13.7. The Morgan fingerprint density at radius 2 is 2.21 bits per heavy atom. The third-order valence-corrected chi connectivity index (χ3v) is 4.05. The zero-order valence-corrected chi connectivity index (χ0v) is 11.6. The van der Waals surface area contributed by atoms with Gasteiger partial charge in [-0.05, 0) is 37.3 Å². The number of hydrogen-bond donors (Lipinski definition) is 2. The lowest BCUT2D eigenvalue weighted by Gasteiger charge is -2.31. The molecular weight excluding hydrogens is 238 g/mol. The Hall–Kier alpha value is -1.58. The minimum Gasteiger partial charge on any atom is -0.366 e. The predicted octanol–water partition coefficient (Wildman–Crippen LogP) is 2.95. The Kier molecular flexibility index (Phi) is 4.77. The second kappa shape index (κ2) is 6.55. The minimum atomic E-state index is -0.422. The highest BCUT2D eigenvalue weighted by Crippen LogP contribution is 2.29. The lowest BCUT2D eigenvalue weighted by Crippen LogP contribution is -2.31. The van der Waals surface area contributed by atoms with Crippen LogP contribution in [0.1, 0.15) is 55.8 Å². The maximum absolute atomic E-state index is 11.4. The van der Waals surface area contributed by atoms with E-state index in [9.17, 15) is 4.79 Å². The number of hydrogen-bond acceptors (Lipinski definition) is 3. The van der Waals surface area contributed by atoms with Crippen LogP contribution in [0.4, 0.5) is 5.82 Å². The number of aromatic nitrogens is 1. The summed E-state index contributed by atoms with van der Waals surface area (Å²) in [6, 6.07) is 3.85. The summed E-state index contributed by atoms with van der Waals surface area (Å²) < 4.78 is 0. The van der Waals surface area contributed by atoms with Crippen LogP contribution in [0.25, 0.3) is 0 Å². The first-order valence-electron chi connectivity index (χ1n) is 7.23. The third kappa shape index (κ3) is 3.46. The van der Waals surface area contributed by atoms with Crippen LogP contribution >= 0.6 is 0 Å². The fourth-order valence-corrected chi connectivity index (χ4v) is 2.98. The second-order valence-electron chi connectivity index (χ2n) is 5.32. The van der Waals surface area contributed by atoms with E-state index in [2.05, 4.69) is 17.2 Å². The van der Waals surface area contributed by atoms with E-state index in [0.717, 1.165) is 6.42 Å². The summed E-state index contributed by atoms with van der Waals surface area (Å²) in [4.78, 5) is 15.7. The molecule has 104 valence electrons. The summed E-state index contributed by atoms with van der Waals surface area (Å²) in [6.45, 7) is 2.18. The van der Waals surface area contributed by atoms with Gasteiger partial charge in [-0.15, -0.1) is 0 Å². The van der Waals surface area contributed by atoms with Crippen molar-refractivity contribution in [2.45, 2.75) is 51.5 Å². The smallest absolute Gasteiger partial charge is 0.252 e. The van der Waals surface area contributed by atoms with Gasteiger partial charge in [-0.25, -0.2) is 4.98 Å². The molecule has 1 heterocycles. The average molecular weight is 261 g/mol. The molecule has 1 fully saturated rings. The molecule has 0 aliphatic heterocycles. The number of nitrogens with one attached hydrogen (secondary N) is 1. The van der Waals surface area contributed by atoms with Crippen LogP contribution in [0, 0.1) is 5.92 Å². The SMILES string of the molecule is CCC(Nc1ncccc1C(N)=O)C1CCCCC1. The summed E-state index contributed by atoms with van der Waals surface area (Å²) in [5.41, 5.74) is 5.87. The van der Waals surface area contributed by atoms with Crippen molar-refractivity contribution in [2.75, 3.05) is 5.32 Å². The maximum Gasteiger partial charge on any atom is 0.252 e. The highest BCUT2D eigenvalue weighted by molar-refractivity contribution is 5.97. The molecule has 19 heavy (non-hydrogen) atoms. The lowest BCUT2D eigenvalue weighted by atomic mass is 9.83. The summed E-state index contributed by atoms with van der Waals surface area (Å²) in [6.07, 6.45) is 9.25. The second-order valence-corrected chi connectivity index (χ2v) is 5.32. The Bertz CT molecular complexity index is 427. The number of carbonyl (C=O) groups excluding carboxylic acids is 1. The van der Waals surface area contributed by atoms with Crippen LogP contribution in [0.15, 0.2) is 18.3 Å². The Morgan fingerprint density at radius 1 is 1.47 bits per heavy atom. The van der Waals surface area contributed by atoms with Gasteiger partial charge in [-0.1, -0.05) is 26.2 Å². The highest BCUT2D eigenvalue weighted by Gasteiger charge is 2.23. The maximum atomic E-state index is 11.4. The zero-order valence-electron chi connectivity index (χ0n) is 11.6. The topological polar surface area (TPSA) is 68.0 Å². The lowest BCUT2D eigenvalue weighted by molar-refractivity contribution is 0.100. The molecule has 1 aliphatic carbocycles. The van der Waals surface area contributed by atoms with E-state index < -0.39 is 5.91 Å². The first-order valence-corrected chi connectivity index (χ1v) is 7.23.